The number of carboxylic acids is 1. The second-order valence-corrected chi connectivity index (χ2v) is 6.92. The van der Waals surface area contributed by atoms with Crippen LogP contribution in [0.2, 0.25) is 0 Å². The maximum absolute atomic E-state index is 11.4. The molecule has 0 saturated carbocycles. The zero-order valence-electron chi connectivity index (χ0n) is 14.6. The van der Waals surface area contributed by atoms with Gasteiger partial charge in [-0.3, -0.25) is 0 Å². The van der Waals surface area contributed by atoms with Gasteiger partial charge in [0.05, 0.1) is 11.0 Å². The first kappa shape index (κ1) is 17.9. The average Bonchev–Trinajstić information content (AvgIpc) is 3.33. The van der Waals surface area contributed by atoms with Gasteiger partial charge in [0.1, 0.15) is 12.5 Å². The quantitative estimate of drug-likeness (QED) is 0.461. The fraction of sp³-hybridized carbons (Fsp3) is 0.100. The number of benzene rings is 2. The van der Waals surface area contributed by atoms with Crippen LogP contribution in [0.5, 0.6) is 0 Å². The van der Waals surface area contributed by atoms with E-state index in [2.05, 4.69) is 15.3 Å². The van der Waals surface area contributed by atoms with Gasteiger partial charge in [-0.2, -0.15) is 0 Å². The van der Waals surface area contributed by atoms with Crippen molar-refractivity contribution in [3.05, 3.63) is 65.7 Å². The Hall–Kier alpha value is -3.52. The molecule has 2 aromatic carbocycles. The highest BCUT2D eigenvalue weighted by atomic mass is 32.1. The Morgan fingerprint density at radius 1 is 1.14 bits per heavy atom. The van der Waals surface area contributed by atoms with E-state index < -0.39 is 12.1 Å². The number of aldehydes is 1. The number of hydrogen-bond acceptors (Lipinski definition) is 6. The lowest BCUT2D eigenvalue weighted by Crippen LogP contribution is -2.20. The summed E-state index contributed by atoms with van der Waals surface area (Å²) in [6.45, 7) is 0. The van der Waals surface area contributed by atoms with E-state index in [0.717, 1.165) is 23.0 Å². The van der Waals surface area contributed by atoms with Gasteiger partial charge in [-0.25, -0.2) is 14.8 Å². The highest BCUT2D eigenvalue weighted by molar-refractivity contribution is 7.13. The third kappa shape index (κ3) is 3.37. The fourth-order valence-electron chi connectivity index (χ4n) is 3.03. The minimum Gasteiger partial charge on any atom is -0.476 e. The van der Waals surface area contributed by atoms with Crippen molar-refractivity contribution in [2.45, 2.75) is 12.6 Å². The molecule has 0 bridgehead atoms. The molecule has 2 heterocycles. The van der Waals surface area contributed by atoms with Gasteiger partial charge in [0, 0.05) is 17.5 Å². The Morgan fingerprint density at radius 2 is 1.89 bits per heavy atom. The van der Waals surface area contributed by atoms with E-state index in [1.807, 2.05) is 59.2 Å². The van der Waals surface area contributed by atoms with Gasteiger partial charge < -0.3 is 19.8 Å². The van der Waals surface area contributed by atoms with E-state index in [1.54, 1.807) is 0 Å². The Balaban J connectivity index is 1.87. The molecule has 0 aliphatic heterocycles. The number of para-hydroxylation sites is 3. The Morgan fingerprint density at radius 3 is 2.61 bits per heavy atom. The van der Waals surface area contributed by atoms with Gasteiger partial charge in [0.2, 0.25) is 0 Å². The van der Waals surface area contributed by atoms with E-state index in [4.69, 9.17) is 0 Å². The van der Waals surface area contributed by atoms with Gasteiger partial charge in [0.25, 0.3) is 0 Å². The lowest BCUT2D eigenvalue weighted by Gasteiger charge is -2.22. The summed E-state index contributed by atoms with van der Waals surface area (Å²) >= 11 is 1.21. The van der Waals surface area contributed by atoms with E-state index in [0.29, 0.717) is 10.8 Å². The number of nitrogens with one attached hydrogen (secondary N) is 1. The fourth-order valence-corrected chi connectivity index (χ4v) is 3.81. The van der Waals surface area contributed by atoms with Crippen LogP contribution >= 0.6 is 11.3 Å². The molecule has 0 radical (unpaired) electrons. The van der Waals surface area contributed by atoms with Crippen molar-refractivity contribution in [3.8, 4) is 10.8 Å². The van der Waals surface area contributed by atoms with Crippen LogP contribution in [0.3, 0.4) is 0 Å². The molecule has 28 heavy (non-hydrogen) atoms. The average molecular weight is 392 g/mol. The number of imidazole rings is 1. The number of thiazole rings is 1. The van der Waals surface area contributed by atoms with Crippen LogP contribution in [0.4, 0.5) is 5.69 Å². The number of nitrogens with zero attached hydrogens (tertiary/aromatic N) is 3. The zero-order valence-corrected chi connectivity index (χ0v) is 15.5. The van der Waals surface area contributed by atoms with Crippen molar-refractivity contribution in [2.24, 2.45) is 0 Å². The highest BCUT2D eigenvalue weighted by Gasteiger charge is 2.23. The number of carboxylic acid groups (broad SMARTS) is 1. The summed E-state index contributed by atoms with van der Waals surface area (Å²) in [5.74, 6) is -0.564. The Labute approximate surface area is 164 Å². The van der Waals surface area contributed by atoms with Gasteiger partial charge in [-0.15, -0.1) is 11.3 Å². The molecule has 2 N–H and O–H groups in total. The largest absolute Gasteiger partial charge is 0.476 e. The number of aromatic carboxylic acids is 1. The number of carbonyl (C=O) groups is 2. The molecule has 7 nitrogen and oxygen atoms in total. The highest BCUT2D eigenvalue weighted by Crippen LogP contribution is 2.32. The minimum atomic E-state index is -1.09. The topological polar surface area (TPSA) is 97.1 Å². The minimum absolute atomic E-state index is 0.0263. The predicted octanol–water partition coefficient (Wildman–Crippen LogP) is 4.06. The van der Waals surface area contributed by atoms with Crippen LogP contribution in [0, 0.1) is 0 Å². The van der Waals surface area contributed by atoms with Crippen LogP contribution in [0.15, 0.2) is 60.0 Å². The first-order chi connectivity index (χ1) is 13.7. The third-order valence-electron chi connectivity index (χ3n) is 4.25. The summed E-state index contributed by atoms with van der Waals surface area (Å²) in [4.78, 5) is 31.5. The molecule has 8 heteroatoms. The lowest BCUT2D eigenvalue weighted by molar-refractivity contribution is -0.108. The SMILES string of the molecule is O=CCC(Nc1ccccc1)n1c(-c2nc(C(=O)O)cs2)nc2ccccc21. The number of anilines is 1. The molecule has 0 saturated heterocycles. The van der Waals surface area contributed by atoms with Crippen molar-refractivity contribution < 1.29 is 14.7 Å². The smallest absolute Gasteiger partial charge is 0.355 e. The molecule has 0 fully saturated rings. The van der Waals surface area contributed by atoms with Crippen LogP contribution in [-0.2, 0) is 4.79 Å². The molecule has 0 spiro atoms. The van der Waals surface area contributed by atoms with Gasteiger partial charge >= 0.3 is 5.97 Å². The molecule has 0 aliphatic carbocycles. The van der Waals surface area contributed by atoms with E-state index in [1.165, 1.54) is 16.7 Å². The maximum atomic E-state index is 11.4. The summed E-state index contributed by atoms with van der Waals surface area (Å²) in [6.07, 6.45) is 0.655. The number of rotatable bonds is 7. The Bertz CT molecular complexity index is 1140. The molecular formula is C20H16N4O3S. The number of fused-ring (bicyclic) bond motifs is 1. The standard InChI is InChI=1S/C20H16N4O3S/c25-11-10-17(21-13-6-2-1-3-7-13)24-16-9-5-4-8-14(16)22-18(24)19-23-15(12-28-19)20(26)27/h1-9,11-12,17,21H,10H2,(H,26,27). The number of hydrogen-bond donors (Lipinski definition) is 2. The van der Waals surface area contributed by atoms with Gasteiger partial charge in [-0.05, 0) is 24.3 Å². The second kappa shape index (κ2) is 7.61. The van der Waals surface area contributed by atoms with Crippen molar-refractivity contribution in [1.82, 2.24) is 14.5 Å². The molecular weight excluding hydrogens is 376 g/mol. The Kier molecular flexibility index (Phi) is 4.86. The first-order valence-corrected chi connectivity index (χ1v) is 9.46. The van der Waals surface area contributed by atoms with Crippen LogP contribution < -0.4 is 5.32 Å². The predicted molar refractivity (Wildman–Crippen MR) is 108 cm³/mol. The van der Waals surface area contributed by atoms with Crippen molar-refractivity contribution >= 4 is 40.3 Å². The third-order valence-corrected chi connectivity index (χ3v) is 5.09. The van der Waals surface area contributed by atoms with Crippen molar-refractivity contribution in [3.63, 3.8) is 0 Å². The van der Waals surface area contributed by atoms with Crippen LogP contribution in [-0.4, -0.2) is 31.9 Å². The molecule has 1 atom stereocenters. The summed E-state index contributed by atoms with van der Waals surface area (Å²) in [6, 6.07) is 17.2. The van der Waals surface area contributed by atoms with Gasteiger partial charge in [-0.1, -0.05) is 30.3 Å². The summed E-state index contributed by atoms with van der Waals surface area (Å²) in [5, 5.41) is 14.5. The first-order valence-electron chi connectivity index (χ1n) is 8.58. The van der Waals surface area contributed by atoms with Crippen LogP contribution in [0.1, 0.15) is 23.1 Å². The molecule has 0 amide bonds. The molecule has 0 aliphatic rings. The summed E-state index contributed by atoms with van der Waals surface area (Å²) in [7, 11) is 0. The van der Waals surface area contributed by atoms with Gasteiger partial charge in [0.15, 0.2) is 16.5 Å². The van der Waals surface area contributed by atoms with E-state index in [9.17, 15) is 14.7 Å². The van der Waals surface area contributed by atoms with Crippen molar-refractivity contribution in [2.75, 3.05) is 5.32 Å². The van der Waals surface area contributed by atoms with Crippen LogP contribution in [0.25, 0.3) is 21.9 Å². The number of carbonyl (C=O) groups excluding carboxylic acids is 1. The molecule has 1 unspecified atom stereocenters. The van der Waals surface area contributed by atoms with Crippen molar-refractivity contribution in [1.29, 1.82) is 0 Å². The zero-order chi connectivity index (χ0) is 19.5. The van der Waals surface area contributed by atoms with E-state index in [-0.39, 0.29) is 12.1 Å². The molecule has 4 rings (SSSR count). The lowest BCUT2D eigenvalue weighted by atomic mass is 10.2. The monoisotopic (exact) mass is 392 g/mol. The normalized spacial score (nSPS) is 12.0. The number of aromatic nitrogens is 3. The molecule has 4 aromatic rings. The maximum Gasteiger partial charge on any atom is 0.355 e. The van der Waals surface area contributed by atoms with E-state index >= 15 is 0 Å². The summed E-state index contributed by atoms with van der Waals surface area (Å²) in [5.41, 5.74) is 2.42. The second-order valence-electron chi connectivity index (χ2n) is 6.07. The summed E-state index contributed by atoms with van der Waals surface area (Å²) < 4.78 is 1.90. The molecule has 140 valence electrons. The molecule has 2 aromatic heterocycles.